The summed E-state index contributed by atoms with van der Waals surface area (Å²) in [4.78, 5) is 30.2. The Morgan fingerprint density at radius 2 is 1.87 bits per heavy atom. The van der Waals surface area contributed by atoms with Crippen molar-refractivity contribution in [2.45, 2.75) is 32.7 Å². The fourth-order valence-corrected chi connectivity index (χ4v) is 4.03. The van der Waals surface area contributed by atoms with Gasteiger partial charge in [0.2, 0.25) is 11.8 Å². The molecule has 2 aliphatic heterocycles. The first-order valence-corrected chi connectivity index (χ1v) is 9.27. The molecule has 0 unspecified atom stereocenters. The van der Waals surface area contributed by atoms with Crippen molar-refractivity contribution < 1.29 is 18.4 Å². The largest absolute Gasteiger partial charge is 0.338 e. The maximum absolute atomic E-state index is 12.7. The first-order valence-electron chi connectivity index (χ1n) is 8.11. The van der Waals surface area contributed by atoms with Crippen LogP contribution < -0.4 is 0 Å². The molecule has 2 amide bonds. The Balaban J connectivity index is 1.91. The third-order valence-corrected chi connectivity index (χ3v) is 5.58. The van der Waals surface area contributed by atoms with Crippen LogP contribution >= 0.6 is 11.8 Å². The van der Waals surface area contributed by atoms with Gasteiger partial charge in [0.05, 0.1) is 12.4 Å². The smallest absolute Gasteiger partial charge is 0.251 e. The number of carbonyl (C=O) groups excluding carboxylic acids is 2. The maximum atomic E-state index is 12.7. The Morgan fingerprint density at radius 3 is 2.43 bits per heavy atom. The van der Waals surface area contributed by atoms with Crippen molar-refractivity contribution in [3.05, 3.63) is 0 Å². The highest BCUT2D eigenvalue weighted by Gasteiger charge is 2.38. The average molecular weight is 349 g/mol. The van der Waals surface area contributed by atoms with Crippen molar-refractivity contribution in [1.82, 2.24) is 14.7 Å². The molecular formula is C15H25F2N3O2S. The zero-order valence-electron chi connectivity index (χ0n) is 13.7. The summed E-state index contributed by atoms with van der Waals surface area (Å²) in [5.41, 5.74) is 0. The summed E-state index contributed by atoms with van der Waals surface area (Å²) in [7, 11) is 0. The van der Waals surface area contributed by atoms with Gasteiger partial charge in [-0.1, -0.05) is 13.8 Å². The molecule has 8 heteroatoms. The van der Waals surface area contributed by atoms with E-state index in [9.17, 15) is 18.4 Å². The highest BCUT2D eigenvalue weighted by atomic mass is 32.2. The number of halogens is 2. The van der Waals surface area contributed by atoms with E-state index in [2.05, 4.69) is 0 Å². The second-order valence-electron chi connectivity index (χ2n) is 6.15. The number of carbonyl (C=O) groups is 2. The summed E-state index contributed by atoms with van der Waals surface area (Å²) >= 11 is 1.60. The summed E-state index contributed by atoms with van der Waals surface area (Å²) in [6.07, 6.45) is -1.58. The van der Waals surface area contributed by atoms with Crippen molar-refractivity contribution >= 4 is 23.6 Å². The molecule has 2 rings (SSSR count). The van der Waals surface area contributed by atoms with E-state index in [1.54, 1.807) is 26.5 Å². The van der Waals surface area contributed by atoms with Crippen LogP contribution in [0, 0.1) is 5.92 Å². The van der Waals surface area contributed by atoms with Gasteiger partial charge in [-0.05, 0) is 6.42 Å². The Hall–Kier alpha value is -0.890. The molecule has 5 nitrogen and oxygen atoms in total. The van der Waals surface area contributed by atoms with E-state index >= 15 is 0 Å². The highest BCUT2D eigenvalue weighted by molar-refractivity contribution is 7.99. The number of rotatable bonds is 5. The molecule has 0 N–H and O–H groups in total. The van der Waals surface area contributed by atoms with Crippen LogP contribution in [0.15, 0.2) is 0 Å². The van der Waals surface area contributed by atoms with Crippen LogP contribution in [0.4, 0.5) is 8.78 Å². The fraction of sp³-hybridized carbons (Fsp3) is 0.867. The molecule has 2 heterocycles. The monoisotopic (exact) mass is 349 g/mol. The SMILES string of the molecule is CC[C@H](C)C(=O)N1CSC[C@H]1C(=O)N1CCN(CC(F)F)CC1. The van der Waals surface area contributed by atoms with Gasteiger partial charge < -0.3 is 9.80 Å². The van der Waals surface area contributed by atoms with Gasteiger partial charge >= 0.3 is 0 Å². The molecule has 0 spiro atoms. The molecular weight excluding hydrogens is 324 g/mol. The molecule has 0 aromatic rings. The highest BCUT2D eigenvalue weighted by Crippen LogP contribution is 2.25. The normalized spacial score (nSPS) is 24.3. The summed E-state index contributed by atoms with van der Waals surface area (Å²) in [5, 5.41) is 0. The first-order chi connectivity index (χ1) is 10.9. The number of hydrogen-bond acceptors (Lipinski definition) is 4. The minimum Gasteiger partial charge on any atom is -0.338 e. The Labute approximate surface area is 140 Å². The minimum absolute atomic E-state index is 0.0344. The van der Waals surface area contributed by atoms with Crippen LogP contribution in [0.3, 0.4) is 0 Å². The van der Waals surface area contributed by atoms with Gasteiger partial charge in [-0.2, -0.15) is 0 Å². The standard InChI is InChI=1S/C15H25F2N3O2S/c1-3-11(2)14(21)20-10-23-9-12(20)15(22)19-6-4-18(5-7-19)8-13(16)17/h11-13H,3-10H2,1-2H3/t11-,12-/m0/s1. The summed E-state index contributed by atoms with van der Waals surface area (Å²) < 4.78 is 24.8. The molecule has 0 aromatic heterocycles. The molecule has 2 aliphatic rings. The lowest BCUT2D eigenvalue weighted by Gasteiger charge is -2.37. The number of alkyl halides is 2. The second kappa shape index (κ2) is 8.28. The molecule has 2 atom stereocenters. The minimum atomic E-state index is -2.34. The van der Waals surface area contributed by atoms with Gasteiger partial charge in [0.25, 0.3) is 6.43 Å². The van der Waals surface area contributed by atoms with Gasteiger partial charge in [0.15, 0.2) is 0 Å². The molecule has 23 heavy (non-hydrogen) atoms. The van der Waals surface area contributed by atoms with E-state index in [0.29, 0.717) is 37.8 Å². The zero-order valence-corrected chi connectivity index (χ0v) is 14.5. The fourth-order valence-electron chi connectivity index (χ4n) is 2.88. The van der Waals surface area contributed by atoms with Crippen LogP contribution in [0.25, 0.3) is 0 Å². The molecule has 0 aliphatic carbocycles. The molecule has 132 valence electrons. The van der Waals surface area contributed by atoms with Gasteiger partial charge in [0.1, 0.15) is 6.04 Å². The molecule has 2 fully saturated rings. The van der Waals surface area contributed by atoms with Crippen molar-refractivity contribution in [3.8, 4) is 0 Å². The Morgan fingerprint density at radius 1 is 1.22 bits per heavy atom. The number of amides is 2. The van der Waals surface area contributed by atoms with Gasteiger partial charge in [0, 0.05) is 37.8 Å². The number of piperazine rings is 1. The van der Waals surface area contributed by atoms with E-state index in [1.807, 2.05) is 13.8 Å². The Kier molecular flexibility index (Phi) is 6.64. The topological polar surface area (TPSA) is 43.9 Å². The summed E-state index contributed by atoms with van der Waals surface area (Å²) in [5.74, 6) is 1.10. The van der Waals surface area contributed by atoms with Crippen molar-refractivity contribution in [1.29, 1.82) is 0 Å². The average Bonchev–Trinajstić information content (AvgIpc) is 3.02. The van der Waals surface area contributed by atoms with Crippen LogP contribution in [0.2, 0.25) is 0 Å². The first kappa shape index (κ1) is 18.4. The maximum Gasteiger partial charge on any atom is 0.251 e. The van der Waals surface area contributed by atoms with E-state index in [4.69, 9.17) is 0 Å². The molecule has 0 saturated carbocycles. The van der Waals surface area contributed by atoms with Crippen LogP contribution in [0.5, 0.6) is 0 Å². The number of thioether (sulfide) groups is 1. The van der Waals surface area contributed by atoms with Crippen molar-refractivity contribution in [2.24, 2.45) is 5.92 Å². The second-order valence-corrected chi connectivity index (χ2v) is 7.15. The van der Waals surface area contributed by atoms with Crippen LogP contribution in [0.1, 0.15) is 20.3 Å². The van der Waals surface area contributed by atoms with Crippen molar-refractivity contribution in [2.75, 3.05) is 44.4 Å². The zero-order chi connectivity index (χ0) is 17.0. The molecule has 2 saturated heterocycles. The summed E-state index contributed by atoms with van der Waals surface area (Å²) in [6.45, 7) is 5.46. The Bertz CT molecular complexity index is 431. The van der Waals surface area contributed by atoms with E-state index in [1.165, 1.54) is 0 Å². The van der Waals surface area contributed by atoms with Crippen LogP contribution in [-0.2, 0) is 9.59 Å². The van der Waals surface area contributed by atoms with E-state index < -0.39 is 12.5 Å². The molecule has 0 aromatic carbocycles. The molecule has 0 bridgehead atoms. The van der Waals surface area contributed by atoms with Crippen molar-refractivity contribution in [3.63, 3.8) is 0 Å². The predicted octanol–water partition coefficient (Wildman–Crippen LogP) is 1.34. The quantitative estimate of drug-likeness (QED) is 0.751. The number of nitrogens with zero attached hydrogens (tertiary/aromatic N) is 3. The van der Waals surface area contributed by atoms with Gasteiger partial charge in [-0.15, -0.1) is 11.8 Å². The lowest BCUT2D eigenvalue weighted by atomic mass is 10.1. The third kappa shape index (κ3) is 4.56. The predicted molar refractivity (Wildman–Crippen MR) is 86.4 cm³/mol. The lowest BCUT2D eigenvalue weighted by molar-refractivity contribution is -0.146. The van der Waals surface area contributed by atoms with Crippen LogP contribution in [-0.4, -0.2) is 83.3 Å². The van der Waals surface area contributed by atoms with E-state index in [-0.39, 0.29) is 24.3 Å². The van der Waals surface area contributed by atoms with Gasteiger partial charge in [-0.25, -0.2) is 8.78 Å². The lowest BCUT2D eigenvalue weighted by Crippen LogP contribution is -2.56. The number of hydrogen-bond donors (Lipinski definition) is 0. The molecule has 0 radical (unpaired) electrons. The summed E-state index contributed by atoms with van der Waals surface area (Å²) in [6, 6.07) is -0.400. The third-order valence-electron chi connectivity index (χ3n) is 4.56. The van der Waals surface area contributed by atoms with Gasteiger partial charge in [-0.3, -0.25) is 14.5 Å². The van der Waals surface area contributed by atoms with E-state index in [0.717, 1.165) is 6.42 Å².